The lowest BCUT2D eigenvalue weighted by molar-refractivity contribution is -0.136. The Morgan fingerprint density at radius 2 is 2.00 bits per heavy atom. The summed E-state index contributed by atoms with van der Waals surface area (Å²) >= 11 is 0. The second-order valence-corrected chi connectivity index (χ2v) is 4.13. The van der Waals surface area contributed by atoms with Gasteiger partial charge in [-0.15, -0.1) is 0 Å². The fourth-order valence-corrected chi connectivity index (χ4v) is 2.25. The summed E-state index contributed by atoms with van der Waals surface area (Å²) in [7, 11) is 0. The Kier molecular flexibility index (Phi) is 4.39. The van der Waals surface area contributed by atoms with Gasteiger partial charge >= 0.3 is 0 Å². The van der Waals surface area contributed by atoms with Crippen molar-refractivity contribution in [1.29, 1.82) is 0 Å². The van der Waals surface area contributed by atoms with Gasteiger partial charge in [-0.1, -0.05) is 6.42 Å². The Bertz CT molecular complexity index is 190. The van der Waals surface area contributed by atoms with Crippen molar-refractivity contribution >= 4 is 5.91 Å². The average Bonchev–Trinajstić information content (AvgIpc) is 2.19. The van der Waals surface area contributed by atoms with Crippen molar-refractivity contribution in [3.8, 4) is 0 Å². The quantitative estimate of drug-likeness (QED) is 0.744. The van der Waals surface area contributed by atoms with Crippen molar-refractivity contribution in [2.45, 2.75) is 45.6 Å². The van der Waals surface area contributed by atoms with Gasteiger partial charge in [-0.2, -0.15) is 0 Å². The molecule has 0 bridgehead atoms. The number of hydrogen-bond acceptors (Lipinski definition) is 2. The second kappa shape index (κ2) is 5.35. The third kappa shape index (κ3) is 2.71. The summed E-state index contributed by atoms with van der Waals surface area (Å²) in [5.74, 6) is 0.504. The van der Waals surface area contributed by atoms with E-state index in [4.69, 9.17) is 5.73 Å². The first-order chi connectivity index (χ1) is 6.69. The van der Waals surface area contributed by atoms with E-state index in [9.17, 15) is 4.79 Å². The van der Waals surface area contributed by atoms with Crippen molar-refractivity contribution in [3.63, 3.8) is 0 Å². The molecule has 2 N–H and O–H groups in total. The summed E-state index contributed by atoms with van der Waals surface area (Å²) in [5.41, 5.74) is 5.88. The first kappa shape index (κ1) is 11.5. The highest BCUT2D eigenvalue weighted by Gasteiger charge is 2.27. The van der Waals surface area contributed by atoms with Crippen LogP contribution in [0, 0.1) is 5.92 Å². The highest BCUT2D eigenvalue weighted by atomic mass is 16.2. The summed E-state index contributed by atoms with van der Waals surface area (Å²) in [4.78, 5) is 13.9. The van der Waals surface area contributed by atoms with Gasteiger partial charge in [0.05, 0.1) is 0 Å². The van der Waals surface area contributed by atoms with Crippen LogP contribution < -0.4 is 5.73 Å². The minimum Gasteiger partial charge on any atom is -0.343 e. The van der Waals surface area contributed by atoms with Gasteiger partial charge in [0, 0.05) is 25.0 Å². The molecular formula is C11H22N2O. The molecule has 1 amide bonds. The molecule has 1 rings (SSSR count). The van der Waals surface area contributed by atoms with Crippen LogP contribution in [0.3, 0.4) is 0 Å². The lowest BCUT2D eigenvalue weighted by atomic mass is 9.85. The summed E-state index contributed by atoms with van der Waals surface area (Å²) < 4.78 is 0. The SMILES string of the molecule is CCN(CC)C(=O)C1CCCC(N)C1. The van der Waals surface area contributed by atoms with E-state index in [0.29, 0.717) is 5.91 Å². The van der Waals surface area contributed by atoms with Crippen LogP contribution in [0.4, 0.5) is 0 Å². The van der Waals surface area contributed by atoms with Crippen LogP contribution in [0.5, 0.6) is 0 Å². The molecule has 0 aromatic heterocycles. The van der Waals surface area contributed by atoms with E-state index < -0.39 is 0 Å². The van der Waals surface area contributed by atoms with Gasteiger partial charge in [-0.25, -0.2) is 0 Å². The average molecular weight is 198 g/mol. The van der Waals surface area contributed by atoms with Crippen LogP contribution in [0.25, 0.3) is 0 Å². The van der Waals surface area contributed by atoms with Crippen molar-refractivity contribution in [2.24, 2.45) is 11.7 Å². The molecular weight excluding hydrogens is 176 g/mol. The number of carbonyl (C=O) groups is 1. The van der Waals surface area contributed by atoms with Gasteiger partial charge in [-0.3, -0.25) is 4.79 Å². The van der Waals surface area contributed by atoms with Gasteiger partial charge in [0.25, 0.3) is 0 Å². The van der Waals surface area contributed by atoms with E-state index in [1.165, 1.54) is 0 Å². The molecule has 0 aromatic carbocycles. The van der Waals surface area contributed by atoms with Gasteiger partial charge < -0.3 is 10.6 Å². The van der Waals surface area contributed by atoms with E-state index in [-0.39, 0.29) is 12.0 Å². The molecule has 82 valence electrons. The molecule has 0 spiro atoms. The summed E-state index contributed by atoms with van der Waals surface area (Å²) in [5, 5.41) is 0. The molecule has 0 aliphatic heterocycles. The van der Waals surface area contributed by atoms with Crippen LogP contribution in [0.2, 0.25) is 0 Å². The molecule has 3 nitrogen and oxygen atoms in total. The maximum absolute atomic E-state index is 12.0. The minimum absolute atomic E-state index is 0.193. The molecule has 0 radical (unpaired) electrons. The van der Waals surface area contributed by atoms with E-state index in [1.54, 1.807) is 0 Å². The van der Waals surface area contributed by atoms with Gasteiger partial charge in [0.15, 0.2) is 0 Å². The molecule has 0 aromatic rings. The fourth-order valence-electron chi connectivity index (χ4n) is 2.25. The zero-order valence-corrected chi connectivity index (χ0v) is 9.33. The number of hydrogen-bond donors (Lipinski definition) is 1. The molecule has 0 heterocycles. The smallest absolute Gasteiger partial charge is 0.225 e. The first-order valence-corrected chi connectivity index (χ1v) is 5.73. The first-order valence-electron chi connectivity index (χ1n) is 5.73. The zero-order chi connectivity index (χ0) is 10.6. The Hall–Kier alpha value is -0.570. The lowest BCUT2D eigenvalue weighted by Gasteiger charge is -2.30. The fraction of sp³-hybridized carbons (Fsp3) is 0.909. The van der Waals surface area contributed by atoms with Crippen molar-refractivity contribution in [2.75, 3.05) is 13.1 Å². The summed E-state index contributed by atoms with van der Waals surface area (Å²) in [6, 6.07) is 0.244. The predicted octanol–water partition coefficient (Wildman–Crippen LogP) is 1.37. The minimum atomic E-state index is 0.193. The number of amides is 1. The molecule has 0 saturated heterocycles. The number of carbonyl (C=O) groups excluding carboxylic acids is 1. The molecule has 1 fully saturated rings. The van der Waals surface area contributed by atoms with Crippen LogP contribution in [-0.2, 0) is 4.79 Å². The van der Waals surface area contributed by atoms with Crippen molar-refractivity contribution in [1.82, 2.24) is 4.90 Å². The molecule has 2 unspecified atom stereocenters. The highest BCUT2D eigenvalue weighted by molar-refractivity contribution is 5.78. The Labute approximate surface area is 86.6 Å². The maximum atomic E-state index is 12.0. The maximum Gasteiger partial charge on any atom is 0.225 e. The van der Waals surface area contributed by atoms with Crippen LogP contribution in [0.1, 0.15) is 39.5 Å². The number of rotatable bonds is 3. The van der Waals surface area contributed by atoms with Gasteiger partial charge in [-0.05, 0) is 33.1 Å². The summed E-state index contributed by atoms with van der Waals surface area (Å²) in [6.45, 7) is 5.70. The molecule has 1 aliphatic carbocycles. The third-order valence-corrected chi connectivity index (χ3v) is 3.14. The Balaban J connectivity index is 2.50. The topological polar surface area (TPSA) is 46.3 Å². The van der Waals surface area contributed by atoms with Crippen LogP contribution >= 0.6 is 0 Å². The lowest BCUT2D eigenvalue weighted by Crippen LogP contribution is -2.40. The number of nitrogens with two attached hydrogens (primary N) is 1. The van der Waals surface area contributed by atoms with Crippen molar-refractivity contribution in [3.05, 3.63) is 0 Å². The Morgan fingerprint density at radius 3 is 2.50 bits per heavy atom. The van der Waals surface area contributed by atoms with Crippen molar-refractivity contribution < 1.29 is 4.79 Å². The third-order valence-electron chi connectivity index (χ3n) is 3.14. The van der Waals surface area contributed by atoms with E-state index >= 15 is 0 Å². The summed E-state index contributed by atoms with van der Waals surface area (Å²) in [6.07, 6.45) is 4.11. The van der Waals surface area contributed by atoms with Gasteiger partial charge in [0.1, 0.15) is 0 Å². The molecule has 1 saturated carbocycles. The van der Waals surface area contributed by atoms with E-state index in [1.807, 2.05) is 18.7 Å². The van der Waals surface area contributed by atoms with E-state index in [0.717, 1.165) is 38.8 Å². The van der Waals surface area contributed by atoms with Gasteiger partial charge in [0.2, 0.25) is 5.91 Å². The standard InChI is InChI=1S/C11H22N2O/c1-3-13(4-2)11(14)9-6-5-7-10(12)8-9/h9-10H,3-8,12H2,1-2H3. The second-order valence-electron chi connectivity index (χ2n) is 4.13. The molecule has 14 heavy (non-hydrogen) atoms. The zero-order valence-electron chi connectivity index (χ0n) is 9.33. The molecule has 2 atom stereocenters. The predicted molar refractivity (Wildman–Crippen MR) is 57.9 cm³/mol. The monoisotopic (exact) mass is 198 g/mol. The number of nitrogens with zero attached hydrogens (tertiary/aromatic N) is 1. The Morgan fingerprint density at radius 1 is 1.36 bits per heavy atom. The van der Waals surface area contributed by atoms with Crippen LogP contribution in [-0.4, -0.2) is 29.9 Å². The molecule has 3 heteroatoms. The van der Waals surface area contributed by atoms with E-state index in [2.05, 4.69) is 0 Å². The normalized spacial score (nSPS) is 27.4. The largest absolute Gasteiger partial charge is 0.343 e. The van der Waals surface area contributed by atoms with Crippen LogP contribution in [0.15, 0.2) is 0 Å². The molecule has 1 aliphatic rings. The highest BCUT2D eigenvalue weighted by Crippen LogP contribution is 2.24.